The summed E-state index contributed by atoms with van der Waals surface area (Å²) in [5.41, 5.74) is 8.61. The zero-order valence-electron chi connectivity index (χ0n) is 8.79. The van der Waals surface area contributed by atoms with Crippen LogP contribution in [-0.2, 0) is 4.57 Å². The van der Waals surface area contributed by atoms with Gasteiger partial charge in [0.1, 0.15) is 0 Å². The molecule has 1 rings (SSSR count). The van der Waals surface area contributed by atoms with Crippen LogP contribution in [0.4, 0.5) is 10.5 Å². The summed E-state index contributed by atoms with van der Waals surface area (Å²) in [7, 11) is -3.37. The summed E-state index contributed by atoms with van der Waals surface area (Å²) < 4.78 is 11.5. The van der Waals surface area contributed by atoms with Crippen molar-refractivity contribution in [3.05, 3.63) is 39.7 Å². The van der Waals surface area contributed by atoms with Gasteiger partial charge in [-0.3, -0.25) is 9.65 Å². The van der Waals surface area contributed by atoms with E-state index in [4.69, 9.17) is 17.1 Å². The number of nitrogens with one attached hydrogen (secondary N) is 2. The minimum absolute atomic E-state index is 0.479. The maximum Gasteiger partial charge on any atom is 0.324 e. The van der Waals surface area contributed by atoms with Gasteiger partial charge >= 0.3 is 6.03 Å². The van der Waals surface area contributed by atoms with E-state index < -0.39 is 13.5 Å². The smallest absolute Gasteiger partial charge is 0.308 e. The molecule has 1 unspecified atom stereocenters. The van der Waals surface area contributed by atoms with Crippen molar-refractivity contribution >= 4 is 30.8 Å². The van der Waals surface area contributed by atoms with Crippen molar-refractivity contribution in [1.29, 1.82) is 0 Å². The topological polar surface area (TPSA) is 107 Å². The first-order valence-corrected chi connectivity index (χ1v) is 6.90. The Morgan fingerprint density at radius 3 is 2.59 bits per heavy atom. The Labute approximate surface area is 102 Å². The Hall–Kier alpha value is -1.68. The van der Waals surface area contributed by atoms with E-state index in [1.807, 2.05) is 0 Å². The molecule has 0 aliphatic rings. The molecule has 0 aliphatic carbocycles. The highest BCUT2D eigenvalue weighted by atomic mass is 35.5. The van der Waals surface area contributed by atoms with Crippen molar-refractivity contribution in [2.45, 2.75) is 0 Å². The monoisotopic (exact) mass is 273 g/mol. The molecule has 90 valence electrons. The van der Waals surface area contributed by atoms with Crippen LogP contribution in [0.3, 0.4) is 0 Å². The summed E-state index contributed by atoms with van der Waals surface area (Å²) >= 11 is 5.67. The van der Waals surface area contributed by atoms with Crippen molar-refractivity contribution in [1.82, 2.24) is 5.09 Å². The third-order valence-electron chi connectivity index (χ3n) is 1.62. The number of halogens is 1. The number of rotatable bonds is 3. The molecule has 0 fully saturated rings. The van der Waals surface area contributed by atoms with E-state index in [1.54, 1.807) is 24.3 Å². The highest BCUT2D eigenvalue weighted by Gasteiger charge is 2.15. The fourth-order valence-corrected chi connectivity index (χ4v) is 1.74. The predicted octanol–water partition coefficient (Wildman–Crippen LogP) is 3.59. The predicted molar refractivity (Wildman–Crippen MR) is 66.3 cm³/mol. The summed E-state index contributed by atoms with van der Waals surface area (Å²) in [5, 5.41) is 5.03. The average molecular weight is 274 g/mol. The number of azide groups is 1. The molecule has 9 heteroatoms. The van der Waals surface area contributed by atoms with Crippen LogP contribution in [0.2, 0.25) is 5.02 Å². The Morgan fingerprint density at radius 1 is 1.47 bits per heavy atom. The molecule has 1 aromatic carbocycles. The molecule has 7 nitrogen and oxygen atoms in total. The SMILES string of the molecule is CP(=O)(N=[N+]=[N-])NC(=O)Nc1ccc(Cl)cc1. The van der Waals surface area contributed by atoms with Crippen LogP contribution < -0.4 is 10.4 Å². The summed E-state index contributed by atoms with van der Waals surface area (Å²) in [6.45, 7) is 1.15. The normalized spacial score (nSPS) is 13.1. The number of hydrogen-bond acceptors (Lipinski definition) is 2. The van der Waals surface area contributed by atoms with E-state index >= 15 is 0 Å². The summed E-state index contributed by atoms with van der Waals surface area (Å²) in [5.74, 6) is 0. The van der Waals surface area contributed by atoms with Crippen LogP contribution in [-0.4, -0.2) is 12.7 Å². The third-order valence-corrected chi connectivity index (χ3v) is 2.91. The van der Waals surface area contributed by atoms with Crippen LogP contribution in [0.15, 0.2) is 29.2 Å². The fourth-order valence-electron chi connectivity index (χ4n) is 0.979. The Balaban J connectivity index is 2.64. The molecule has 2 amide bonds. The molecule has 0 saturated heterocycles. The first kappa shape index (κ1) is 13.4. The minimum Gasteiger partial charge on any atom is -0.308 e. The lowest BCUT2D eigenvalue weighted by atomic mass is 10.3. The highest BCUT2D eigenvalue weighted by Crippen LogP contribution is 2.37. The van der Waals surface area contributed by atoms with Crippen LogP contribution in [0.1, 0.15) is 0 Å². The zero-order valence-corrected chi connectivity index (χ0v) is 10.4. The zero-order chi connectivity index (χ0) is 12.9. The number of urea groups is 1. The lowest BCUT2D eigenvalue weighted by molar-refractivity contribution is 0.256. The lowest BCUT2D eigenvalue weighted by Gasteiger charge is -2.10. The van der Waals surface area contributed by atoms with Crippen molar-refractivity contribution in [3.8, 4) is 0 Å². The number of hydrogen-bond donors (Lipinski definition) is 2. The number of benzene rings is 1. The van der Waals surface area contributed by atoms with Gasteiger partial charge in [0.05, 0.1) is 0 Å². The largest absolute Gasteiger partial charge is 0.324 e. The standard InChI is InChI=1S/C8H9ClN5O2P/c1-17(16,14-13-10)12-8(15)11-7-4-2-6(9)3-5-7/h2-5H,1H3,(H2,11,12,15,16). The van der Waals surface area contributed by atoms with E-state index in [1.165, 1.54) is 0 Å². The first-order chi connectivity index (χ1) is 7.93. The quantitative estimate of drug-likeness (QED) is 0.380. The van der Waals surface area contributed by atoms with Gasteiger partial charge in [0.15, 0.2) is 0 Å². The molecule has 0 saturated carbocycles. The molecule has 0 aliphatic heterocycles. The molecule has 0 radical (unpaired) electrons. The summed E-state index contributed by atoms with van der Waals surface area (Å²) in [4.78, 5) is 16.8. The van der Waals surface area contributed by atoms with Gasteiger partial charge < -0.3 is 5.32 Å². The van der Waals surface area contributed by atoms with E-state index in [-0.39, 0.29) is 0 Å². The van der Waals surface area contributed by atoms with E-state index in [9.17, 15) is 9.36 Å². The maximum absolute atomic E-state index is 11.5. The first-order valence-electron chi connectivity index (χ1n) is 4.42. The van der Waals surface area contributed by atoms with Crippen molar-refractivity contribution in [3.63, 3.8) is 0 Å². The van der Waals surface area contributed by atoms with Gasteiger partial charge in [-0.15, -0.1) is 0 Å². The highest BCUT2D eigenvalue weighted by molar-refractivity contribution is 7.60. The van der Waals surface area contributed by atoms with Crippen LogP contribution >= 0.6 is 19.0 Å². The summed E-state index contributed by atoms with van der Waals surface area (Å²) in [6, 6.07) is 5.63. The second-order valence-electron chi connectivity index (χ2n) is 3.13. The molecular formula is C8H9ClN5O2P. The van der Waals surface area contributed by atoms with Crippen molar-refractivity contribution in [2.75, 3.05) is 12.0 Å². The maximum atomic E-state index is 11.5. The average Bonchev–Trinajstić information content (AvgIpc) is 2.20. The third kappa shape index (κ3) is 4.78. The molecular weight excluding hydrogens is 265 g/mol. The Morgan fingerprint density at radius 2 is 2.06 bits per heavy atom. The number of nitrogens with zero attached hydrogens (tertiary/aromatic N) is 3. The second kappa shape index (κ2) is 5.59. The lowest BCUT2D eigenvalue weighted by Crippen LogP contribution is -2.25. The van der Waals surface area contributed by atoms with Gasteiger partial charge in [0, 0.05) is 22.3 Å². The fraction of sp³-hybridized carbons (Fsp3) is 0.125. The second-order valence-corrected chi connectivity index (χ2v) is 5.73. The molecule has 2 N–H and O–H groups in total. The van der Waals surface area contributed by atoms with Gasteiger partial charge in [0.2, 0.25) is 0 Å². The minimum atomic E-state index is -3.37. The molecule has 0 spiro atoms. The number of carbonyl (C=O) groups is 1. The number of amides is 2. The molecule has 0 aromatic heterocycles. The van der Waals surface area contributed by atoms with Crippen molar-refractivity contribution in [2.24, 2.45) is 4.88 Å². The van der Waals surface area contributed by atoms with Crippen LogP contribution in [0.25, 0.3) is 10.4 Å². The molecule has 17 heavy (non-hydrogen) atoms. The van der Waals surface area contributed by atoms with Gasteiger partial charge in [0.25, 0.3) is 7.44 Å². The van der Waals surface area contributed by atoms with E-state index in [2.05, 4.69) is 20.2 Å². The number of carbonyl (C=O) groups excluding carboxylic acids is 1. The molecule has 0 bridgehead atoms. The van der Waals surface area contributed by atoms with Gasteiger partial charge in [-0.05, 0) is 34.7 Å². The van der Waals surface area contributed by atoms with Crippen molar-refractivity contribution < 1.29 is 9.36 Å². The van der Waals surface area contributed by atoms with E-state index in [0.717, 1.165) is 6.66 Å². The van der Waals surface area contributed by atoms with Crippen LogP contribution in [0.5, 0.6) is 0 Å². The van der Waals surface area contributed by atoms with Gasteiger partial charge in [-0.1, -0.05) is 11.6 Å². The van der Waals surface area contributed by atoms with Crippen LogP contribution in [0, 0.1) is 0 Å². The molecule has 1 aromatic rings. The summed E-state index contributed by atoms with van der Waals surface area (Å²) in [6.07, 6.45) is 0. The Kier molecular flexibility index (Phi) is 4.40. The number of anilines is 1. The van der Waals surface area contributed by atoms with E-state index in [0.29, 0.717) is 10.7 Å². The Bertz CT molecular complexity index is 511. The van der Waals surface area contributed by atoms with Gasteiger partial charge in [-0.25, -0.2) is 4.79 Å². The molecule has 1 atom stereocenters. The van der Waals surface area contributed by atoms with Gasteiger partial charge in [-0.2, -0.15) is 0 Å². The molecule has 0 heterocycles.